The van der Waals surface area contributed by atoms with Crippen molar-refractivity contribution in [2.75, 3.05) is 11.9 Å². The van der Waals surface area contributed by atoms with Crippen LogP contribution in [0.2, 0.25) is 0 Å². The fourth-order valence-electron chi connectivity index (χ4n) is 5.89. The zero-order valence-electron chi connectivity index (χ0n) is 28.6. The molecular formula is C40H49N3O4. The van der Waals surface area contributed by atoms with E-state index >= 15 is 0 Å². The van der Waals surface area contributed by atoms with Crippen molar-refractivity contribution in [2.45, 2.75) is 91.3 Å². The van der Waals surface area contributed by atoms with Crippen LogP contribution in [0.1, 0.15) is 81.7 Å². The first kappa shape index (κ1) is 35.2. The second-order valence-corrected chi connectivity index (χ2v) is 13.4. The summed E-state index contributed by atoms with van der Waals surface area (Å²) in [5.41, 5.74) is 3.50. The van der Waals surface area contributed by atoms with Crippen LogP contribution in [-0.2, 0) is 20.7 Å². The number of anilines is 1. The molecule has 4 aromatic carbocycles. The highest BCUT2D eigenvalue weighted by Gasteiger charge is 2.36. The molecule has 47 heavy (non-hydrogen) atoms. The summed E-state index contributed by atoms with van der Waals surface area (Å²) in [5, 5.41) is 8.06. The lowest BCUT2D eigenvalue weighted by molar-refractivity contribution is -0.140. The SMILES string of the molecule is CCCCCCN(C(=O)C(Cc1ccccc1)NC(=O)OC(C)(C)C)C(C(=O)Nc1ccc2ccccc2c1)c1cc(C)cc(C)c1. The van der Waals surface area contributed by atoms with Crippen molar-refractivity contribution in [3.8, 4) is 0 Å². The predicted molar refractivity (Wildman–Crippen MR) is 190 cm³/mol. The van der Waals surface area contributed by atoms with Gasteiger partial charge in [0.25, 0.3) is 5.91 Å². The predicted octanol–water partition coefficient (Wildman–Crippen LogP) is 8.68. The number of carbonyl (C=O) groups excluding carboxylic acids is 3. The molecule has 2 atom stereocenters. The summed E-state index contributed by atoms with van der Waals surface area (Å²) in [6.07, 6.45) is 3.25. The molecular weight excluding hydrogens is 586 g/mol. The van der Waals surface area contributed by atoms with E-state index in [1.807, 2.05) is 98.8 Å². The Bertz CT molecular complexity index is 1640. The smallest absolute Gasteiger partial charge is 0.408 e. The Balaban J connectivity index is 1.77. The van der Waals surface area contributed by atoms with Crippen LogP contribution in [0.25, 0.3) is 10.8 Å². The average Bonchev–Trinajstić information content (AvgIpc) is 3.01. The first-order valence-electron chi connectivity index (χ1n) is 16.7. The number of ether oxygens (including phenoxy) is 1. The Morgan fingerprint density at radius 3 is 2.11 bits per heavy atom. The molecule has 4 rings (SSSR count). The third-order valence-electron chi connectivity index (χ3n) is 7.94. The van der Waals surface area contributed by atoms with Gasteiger partial charge in [-0.1, -0.05) is 116 Å². The van der Waals surface area contributed by atoms with Gasteiger partial charge in [-0.2, -0.15) is 0 Å². The maximum Gasteiger partial charge on any atom is 0.408 e. The molecule has 0 aromatic heterocycles. The molecule has 2 unspecified atom stereocenters. The number of nitrogens with zero attached hydrogens (tertiary/aromatic N) is 1. The third kappa shape index (κ3) is 10.4. The van der Waals surface area contributed by atoms with Crippen molar-refractivity contribution in [2.24, 2.45) is 0 Å². The van der Waals surface area contributed by atoms with Crippen molar-refractivity contribution >= 4 is 34.4 Å². The number of hydrogen-bond acceptors (Lipinski definition) is 4. The first-order valence-corrected chi connectivity index (χ1v) is 16.7. The Kier molecular flexibility index (Phi) is 12.2. The molecule has 0 bridgehead atoms. The van der Waals surface area contributed by atoms with Crippen LogP contribution < -0.4 is 10.6 Å². The fraction of sp³-hybridized carbons (Fsp3) is 0.375. The average molecular weight is 636 g/mol. The van der Waals surface area contributed by atoms with Gasteiger partial charge in [0.2, 0.25) is 5.91 Å². The van der Waals surface area contributed by atoms with Gasteiger partial charge in [0, 0.05) is 18.7 Å². The number of aryl methyl sites for hydroxylation is 2. The van der Waals surface area contributed by atoms with Crippen LogP contribution in [0, 0.1) is 13.8 Å². The summed E-state index contributed by atoms with van der Waals surface area (Å²) in [6, 6.07) is 27.5. The molecule has 0 spiro atoms. The molecule has 4 aromatic rings. The van der Waals surface area contributed by atoms with E-state index in [1.165, 1.54) is 0 Å². The summed E-state index contributed by atoms with van der Waals surface area (Å²) >= 11 is 0. The van der Waals surface area contributed by atoms with Crippen LogP contribution in [0.3, 0.4) is 0 Å². The van der Waals surface area contributed by atoms with Crippen LogP contribution in [0.5, 0.6) is 0 Å². The van der Waals surface area contributed by atoms with Gasteiger partial charge in [0.1, 0.15) is 17.7 Å². The van der Waals surface area contributed by atoms with E-state index in [0.29, 0.717) is 18.7 Å². The number of unbranched alkanes of at least 4 members (excludes halogenated alkanes) is 3. The maximum atomic E-state index is 14.8. The van der Waals surface area contributed by atoms with Crippen LogP contribution in [0.4, 0.5) is 10.5 Å². The summed E-state index contributed by atoms with van der Waals surface area (Å²) in [5.74, 6) is -0.654. The van der Waals surface area contributed by atoms with Gasteiger partial charge in [0.15, 0.2) is 0 Å². The van der Waals surface area contributed by atoms with Crippen molar-refractivity contribution in [3.05, 3.63) is 113 Å². The van der Waals surface area contributed by atoms with E-state index in [2.05, 4.69) is 23.6 Å². The Hall–Kier alpha value is -4.65. The zero-order valence-corrected chi connectivity index (χ0v) is 28.6. The number of nitrogens with one attached hydrogen (secondary N) is 2. The van der Waals surface area contributed by atoms with E-state index in [9.17, 15) is 14.4 Å². The maximum absolute atomic E-state index is 14.8. The number of fused-ring (bicyclic) bond motifs is 1. The van der Waals surface area contributed by atoms with Gasteiger partial charge in [-0.15, -0.1) is 0 Å². The Morgan fingerprint density at radius 2 is 1.45 bits per heavy atom. The van der Waals surface area contributed by atoms with E-state index in [-0.39, 0.29) is 18.2 Å². The largest absolute Gasteiger partial charge is 0.444 e. The fourth-order valence-corrected chi connectivity index (χ4v) is 5.89. The molecule has 0 heterocycles. The standard InChI is InChI=1S/C40H49N3O4/c1-7-8-9-15-22-43(38(45)35(26-30-16-11-10-12-17-30)42-39(46)47-40(4,5)6)36(33-24-28(2)23-29(3)25-33)37(44)41-34-21-20-31-18-13-14-19-32(31)27-34/h10-14,16-21,23-25,27,35-36H,7-9,15,22,26H2,1-6H3,(H,41,44)(H,42,46). The minimum atomic E-state index is -0.958. The molecule has 0 aliphatic carbocycles. The summed E-state index contributed by atoms with van der Waals surface area (Å²) in [7, 11) is 0. The number of rotatable bonds is 13. The molecule has 0 radical (unpaired) electrons. The lowest BCUT2D eigenvalue weighted by Crippen LogP contribution is -2.53. The van der Waals surface area contributed by atoms with E-state index in [1.54, 1.807) is 25.7 Å². The molecule has 0 saturated heterocycles. The highest BCUT2D eigenvalue weighted by molar-refractivity contribution is 6.00. The summed E-state index contributed by atoms with van der Waals surface area (Å²) in [4.78, 5) is 44.1. The van der Waals surface area contributed by atoms with Crippen LogP contribution in [-0.4, -0.2) is 41.0 Å². The van der Waals surface area contributed by atoms with Crippen LogP contribution in [0.15, 0.2) is 91.0 Å². The highest BCUT2D eigenvalue weighted by Crippen LogP contribution is 2.28. The molecule has 7 nitrogen and oxygen atoms in total. The van der Waals surface area contributed by atoms with Gasteiger partial charge >= 0.3 is 6.09 Å². The van der Waals surface area contributed by atoms with Gasteiger partial charge in [-0.05, 0) is 75.1 Å². The molecule has 0 aliphatic heterocycles. The number of benzene rings is 4. The first-order chi connectivity index (χ1) is 22.4. The van der Waals surface area contributed by atoms with E-state index in [0.717, 1.165) is 52.3 Å². The third-order valence-corrected chi connectivity index (χ3v) is 7.94. The highest BCUT2D eigenvalue weighted by atomic mass is 16.6. The van der Waals surface area contributed by atoms with Crippen molar-refractivity contribution in [1.82, 2.24) is 10.2 Å². The minimum absolute atomic E-state index is 0.246. The molecule has 0 aliphatic rings. The monoisotopic (exact) mass is 635 g/mol. The second kappa shape index (κ2) is 16.3. The Labute approximate surface area is 279 Å². The lowest BCUT2D eigenvalue weighted by Gasteiger charge is -2.35. The Morgan fingerprint density at radius 1 is 0.787 bits per heavy atom. The number of carbonyl (C=O) groups is 3. The van der Waals surface area contributed by atoms with Crippen LogP contribution >= 0.6 is 0 Å². The van der Waals surface area contributed by atoms with Gasteiger partial charge < -0.3 is 20.3 Å². The van der Waals surface area contributed by atoms with Crippen molar-refractivity contribution < 1.29 is 19.1 Å². The molecule has 7 heteroatoms. The van der Waals surface area contributed by atoms with Gasteiger partial charge in [0.05, 0.1) is 0 Å². The number of amides is 3. The minimum Gasteiger partial charge on any atom is -0.444 e. The quantitative estimate of drug-likeness (QED) is 0.144. The lowest BCUT2D eigenvalue weighted by atomic mass is 9.97. The molecule has 3 amide bonds. The molecule has 2 N–H and O–H groups in total. The molecule has 0 saturated carbocycles. The second-order valence-electron chi connectivity index (χ2n) is 13.4. The zero-order chi connectivity index (χ0) is 34.0. The van der Waals surface area contributed by atoms with Gasteiger partial charge in [-0.25, -0.2) is 4.79 Å². The molecule has 248 valence electrons. The normalized spacial score (nSPS) is 12.6. The van der Waals surface area contributed by atoms with Crippen molar-refractivity contribution in [3.63, 3.8) is 0 Å². The number of hydrogen-bond donors (Lipinski definition) is 2. The summed E-state index contributed by atoms with van der Waals surface area (Å²) in [6.45, 7) is 11.8. The topological polar surface area (TPSA) is 87.7 Å². The summed E-state index contributed by atoms with van der Waals surface area (Å²) < 4.78 is 5.59. The molecule has 0 fully saturated rings. The van der Waals surface area contributed by atoms with E-state index < -0.39 is 23.8 Å². The van der Waals surface area contributed by atoms with Gasteiger partial charge in [-0.3, -0.25) is 9.59 Å². The number of alkyl carbamates (subject to hydrolysis) is 1. The van der Waals surface area contributed by atoms with Crippen molar-refractivity contribution in [1.29, 1.82) is 0 Å². The van der Waals surface area contributed by atoms with E-state index in [4.69, 9.17) is 4.74 Å².